The number of rotatable bonds is 5. The van der Waals surface area contributed by atoms with Gasteiger partial charge in [-0.05, 0) is 49.4 Å². The lowest BCUT2D eigenvalue weighted by molar-refractivity contribution is 0.102. The molecule has 0 unspecified atom stereocenters. The molecule has 3 aromatic heterocycles. The van der Waals surface area contributed by atoms with Crippen molar-refractivity contribution < 1.29 is 9.53 Å². The molecular formula is C24H24N6O2. The maximum absolute atomic E-state index is 12.6. The standard InChI is InChI=1S/C24H24N6O2/c1-17-25-22(15-23(26-17)29-10-12-32-13-11-29)27-19-5-7-20(8-6-19)28-24(31)18-14-21-4-2-3-9-30(21)16-18/h2-9,14-16H,10-13H2,1H3,(H,28,31)(H,25,26,27). The molecule has 1 aromatic carbocycles. The zero-order valence-corrected chi connectivity index (χ0v) is 17.8. The fraction of sp³-hybridized carbons (Fsp3) is 0.208. The van der Waals surface area contributed by atoms with Crippen LogP contribution in [0.5, 0.6) is 0 Å². The van der Waals surface area contributed by atoms with Crippen LogP contribution >= 0.6 is 0 Å². The second-order valence-electron chi connectivity index (χ2n) is 7.68. The Labute approximate surface area is 185 Å². The van der Waals surface area contributed by atoms with Crippen LogP contribution in [0.4, 0.5) is 23.0 Å². The highest BCUT2D eigenvalue weighted by Gasteiger charge is 2.14. The number of carbonyl (C=O) groups is 1. The van der Waals surface area contributed by atoms with Gasteiger partial charge in [-0.3, -0.25) is 4.79 Å². The first-order valence-electron chi connectivity index (χ1n) is 10.6. The molecule has 0 spiro atoms. The van der Waals surface area contributed by atoms with Gasteiger partial charge in [0.25, 0.3) is 5.91 Å². The first kappa shape index (κ1) is 20.0. The minimum Gasteiger partial charge on any atom is -0.378 e. The maximum atomic E-state index is 12.6. The van der Waals surface area contributed by atoms with Crippen LogP contribution in [-0.2, 0) is 4.74 Å². The Morgan fingerprint density at radius 3 is 2.56 bits per heavy atom. The molecule has 1 aliphatic heterocycles. The number of hydrogen-bond acceptors (Lipinski definition) is 6. The molecule has 8 nitrogen and oxygen atoms in total. The van der Waals surface area contributed by atoms with E-state index in [2.05, 4.69) is 25.5 Å². The van der Waals surface area contributed by atoms with E-state index in [1.165, 1.54) is 0 Å². The molecule has 4 heterocycles. The predicted octanol–water partition coefficient (Wildman–Crippen LogP) is 3.87. The Balaban J connectivity index is 1.26. The Morgan fingerprint density at radius 2 is 1.78 bits per heavy atom. The van der Waals surface area contributed by atoms with Crippen LogP contribution in [0.1, 0.15) is 16.2 Å². The van der Waals surface area contributed by atoms with E-state index in [9.17, 15) is 4.79 Å². The first-order chi connectivity index (χ1) is 15.6. The molecule has 5 rings (SSSR count). The third-order valence-electron chi connectivity index (χ3n) is 5.34. The molecule has 0 saturated carbocycles. The van der Waals surface area contributed by atoms with Crippen molar-refractivity contribution in [3.63, 3.8) is 0 Å². The van der Waals surface area contributed by atoms with Gasteiger partial charge in [-0.15, -0.1) is 0 Å². The maximum Gasteiger partial charge on any atom is 0.257 e. The summed E-state index contributed by atoms with van der Waals surface area (Å²) in [6.07, 6.45) is 3.75. The molecule has 0 bridgehead atoms. The molecule has 0 radical (unpaired) electrons. The number of benzene rings is 1. The van der Waals surface area contributed by atoms with E-state index in [0.717, 1.165) is 41.6 Å². The highest BCUT2D eigenvalue weighted by Crippen LogP contribution is 2.22. The van der Waals surface area contributed by atoms with Gasteiger partial charge in [0.05, 0.1) is 18.8 Å². The summed E-state index contributed by atoms with van der Waals surface area (Å²) in [6, 6.07) is 17.2. The zero-order chi connectivity index (χ0) is 21.9. The van der Waals surface area contributed by atoms with Gasteiger partial charge in [0.1, 0.15) is 17.5 Å². The van der Waals surface area contributed by atoms with Crippen molar-refractivity contribution in [3.8, 4) is 0 Å². The summed E-state index contributed by atoms with van der Waals surface area (Å²) < 4.78 is 7.36. The summed E-state index contributed by atoms with van der Waals surface area (Å²) in [5.74, 6) is 2.19. The summed E-state index contributed by atoms with van der Waals surface area (Å²) in [7, 11) is 0. The van der Waals surface area contributed by atoms with Crippen LogP contribution in [0, 0.1) is 6.92 Å². The number of carbonyl (C=O) groups excluding carboxylic acids is 1. The summed E-state index contributed by atoms with van der Waals surface area (Å²) in [4.78, 5) is 23.9. The molecule has 162 valence electrons. The van der Waals surface area contributed by atoms with Crippen LogP contribution in [0.2, 0.25) is 0 Å². The average Bonchev–Trinajstić information content (AvgIpc) is 3.25. The average molecular weight is 428 g/mol. The van der Waals surface area contributed by atoms with Gasteiger partial charge in [-0.25, -0.2) is 9.97 Å². The van der Waals surface area contributed by atoms with Crippen LogP contribution in [-0.4, -0.2) is 46.6 Å². The van der Waals surface area contributed by atoms with Gasteiger partial charge in [0.15, 0.2) is 0 Å². The number of morpholine rings is 1. The molecule has 1 saturated heterocycles. The van der Waals surface area contributed by atoms with Crippen molar-refractivity contribution in [1.29, 1.82) is 0 Å². The minimum atomic E-state index is -0.143. The van der Waals surface area contributed by atoms with Crippen molar-refractivity contribution in [3.05, 3.63) is 78.4 Å². The van der Waals surface area contributed by atoms with Crippen molar-refractivity contribution in [2.24, 2.45) is 0 Å². The lowest BCUT2D eigenvalue weighted by Gasteiger charge is -2.28. The largest absolute Gasteiger partial charge is 0.378 e. The minimum absolute atomic E-state index is 0.143. The summed E-state index contributed by atoms with van der Waals surface area (Å²) in [6.45, 7) is 4.94. The van der Waals surface area contributed by atoms with E-state index < -0.39 is 0 Å². The van der Waals surface area contributed by atoms with Crippen LogP contribution in [0.3, 0.4) is 0 Å². The highest BCUT2D eigenvalue weighted by atomic mass is 16.5. The van der Waals surface area contributed by atoms with E-state index in [-0.39, 0.29) is 5.91 Å². The number of pyridine rings is 1. The molecular weight excluding hydrogens is 404 g/mol. The molecule has 8 heteroatoms. The van der Waals surface area contributed by atoms with Gasteiger partial charge in [-0.1, -0.05) is 6.07 Å². The SMILES string of the molecule is Cc1nc(Nc2ccc(NC(=O)c3cc4ccccn4c3)cc2)cc(N2CCOCC2)n1. The Kier molecular flexibility index (Phi) is 5.43. The van der Waals surface area contributed by atoms with E-state index in [1.807, 2.05) is 78.3 Å². The molecule has 1 amide bonds. The molecule has 4 aromatic rings. The van der Waals surface area contributed by atoms with Gasteiger partial charge < -0.3 is 24.7 Å². The number of ether oxygens (including phenoxy) is 1. The number of amides is 1. The molecule has 1 fully saturated rings. The number of aromatic nitrogens is 3. The van der Waals surface area contributed by atoms with Gasteiger partial charge in [-0.2, -0.15) is 0 Å². The number of hydrogen-bond donors (Lipinski definition) is 2. The predicted molar refractivity (Wildman–Crippen MR) is 125 cm³/mol. The molecule has 2 N–H and O–H groups in total. The van der Waals surface area contributed by atoms with Gasteiger partial charge in [0.2, 0.25) is 0 Å². The zero-order valence-electron chi connectivity index (χ0n) is 17.8. The van der Waals surface area contributed by atoms with E-state index in [1.54, 1.807) is 0 Å². The lowest BCUT2D eigenvalue weighted by atomic mass is 10.2. The topological polar surface area (TPSA) is 83.8 Å². The number of aryl methyl sites for hydroxylation is 1. The van der Waals surface area contributed by atoms with Crippen molar-refractivity contribution >= 4 is 34.4 Å². The number of fused-ring (bicyclic) bond motifs is 1. The third-order valence-corrected chi connectivity index (χ3v) is 5.34. The van der Waals surface area contributed by atoms with Crippen molar-refractivity contribution in [2.75, 3.05) is 41.8 Å². The fourth-order valence-corrected chi connectivity index (χ4v) is 3.74. The smallest absolute Gasteiger partial charge is 0.257 e. The van der Waals surface area contributed by atoms with Crippen LogP contribution in [0.25, 0.3) is 5.52 Å². The lowest BCUT2D eigenvalue weighted by Crippen LogP contribution is -2.36. The van der Waals surface area contributed by atoms with Gasteiger partial charge in [0, 0.05) is 48.4 Å². The normalized spacial score (nSPS) is 13.8. The molecule has 1 aliphatic rings. The molecule has 32 heavy (non-hydrogen) atoms. The van der Waals surface area contributed by atoms with Crippen LogP contribution < -0.4 is 15.5 Å². The highest BCUT2D eigenvalue weighted by molar-refractivity contribution is 6.05. The van der Waals surface area contributed by atoms with Crippen molar-refractivity contribution in [2.45, 2.75) is 6.92 Å². The number of nitrogens with one attached hydrogen (secondary N) is 2. The Morgan fingerprint density at radius 1 is 1.00 bits per heavy atom. The molecule has 0 aliphatic carbocycles. The second kappa shape index (κ2) is 8.68. The fourth-order valence-electron chi connectivity index (χ4n) is 3.74. The number of nitrogens with zero attached hydrogens (tertiary/aromatic N) is 4. The van der Waals surface area contributed by atoms with E-state index in [0.29, 0.717) is 24.6 Å². The summed E-state index contributed by atoms with van der Waals surface area (Å²) in [5, 5.41) is 6.28. The third kappa shape index (κ3) is 4.40. The van der Waals surface area contributed by atoms with E-state index >= 15 is 0 Å². The Hall–Kier alpha value is -3.91. The summed E-state index contributed by atoms with van der Waals surface area (Å²) >= 11 is 0. The summed E-state index contributed by atoms with van der Waals surface area (Å²) in [5.41, 5.74) is 3.20. The number of anilines is 4. The van der Waals surface area contributed by atoms with Crippen molar-refractivity contribution in [1.82, 2.24) is 14.4 Å². The Bertz CT molecular complexity index is 1210. The van der Waals surface area contributed by atoms with Gasteiger partial charge >= 0.3 is 0 Å². The second-order valence-corrected chi connectivity index (χ2v) is 7.68. The van der Waals surface area contributed by atoms with E-state index in [4.69, 9.17) is 4.74 Å². The monoisotopic (exact) mass is 428 g/mol. The first-order valence-corrected chi connectivity index (χ1v) is 10.6. The molecule has 0 atom stereocenters. The van der Waals surface area contributed by atoms with Crippen LogP contribution in [0.15, 0.2) is 67.0 Å². The quantitative estimate of drug-likeness (QED) is 0.502.